The SMILES string of the molecule is O=C(Nc1cccc(Cl)c1)/C(Br)=C/c1ccccc1. The Kier molecular flexibility index (Phi) is 4.77. The van der Waals surface area contributed by atoms with E-state index in [1.54, 1.807) is 30.3 Å². The first-order valence-electron chi connectivity index (χ1n) is 5.64. The maximum Gasteiger partial charge on any atom is 0.262 e. The third-order valence-corrected chi connectivity index (χ3v) is 3.22. The molecule has 4 heteroatoms. The number of halogens is 2. The summed E-state index contributed by atoms with van der Waals surface area (Å²) in [5.74, 6) is -0.217. The van der Waals surface area contributed by atoms with Crippen LogP contribution in [0.5, 0.6) is 0 Å². The normalized spacial score (nSPS) is 11.2. The van der Waals surface area contributed by atoms with Crippen LogP contribution in [0.1, 0.15) is 5.56 Å². The zero-order valence-corrected chi connectivity index (χ0v) is 12.3. The number of hydrogen-bond donors (Lipinski definition) is 1. The number of hydrogen-bond acceptors (Lipinski definition) is 1. The lowest BCUT2D eigenvalue weighted by Gasteiger charge is -2.04. The summed E-state index contributed by atoms with van der Waals surface area (Å²) in [7, 11) is 0. The molecule has 2 nitrogen and oxygen atoms in total. The molecule has 0 aromatic heterocycles. The average Bonchev–Trinajstić information content (AvgIpc) is 2.40. The molecule has 0 heterocycles. The number of carbonyl (C=O) groups excluding carboxylic acids is 1. The highest BCUT2D eigenvalue weighted by Crippen LogP contribution is 2.18. The average molecular weight is 337 g/mol. The molecule has 0 radical (unpaired) electrons. The van der Waals surface area contributed by atoms with Gasteiger partial charge in [0.15, 0.2) is 0 Å². The summed E-state index contributed by atoms with van der Waals surface area (Å²) >= 11 is 9.13. The van der Waals surface area contributed by atoms with Gasteiger partial charge in [0, 0.05) is 10.7 Å². The van der Waals surface area contributed by atoms with Crippen LogP contribution in [0.15, 0.2) is 59.1 Å². The molecule has 0 aliphatic heterocycles. The number of carbonyl (C=O) groups is 1. The van der Waals surface area contributed by atoms with Crippen molar-refractivity contribution in [2.24, 2.45) is 0 Å². The van der Waals surface area contributed by atoms with E-state index >= 15 is 0 Å². The summed E-state index contributed by atoms with van der Waals surface area (Å²) in [6.45, 7) is 0. The quantitative estimate of drug-likeness (QED) is 0.808. The van der Waals surface area contributed by atoms with Crippen molar-refractivity contribution >= 4 is 45.2 Å². The van der Waals surface area contributed by atoms with Crippen LogP contribution in [-0.2, 0) is 4.79 Å². The van der Waals surface area contributed by atoms with E-state index in [-0.39, 0.29) is 5.91 Å². The highest BCUT2D eigenvalue weighted by atomic mass is 79.9. The fourth-order valence-electron chi connectivity index (χ4n) is 1.52. The Bertz CT molecular complexity index is 611. The summed E-state index contributed by atoms with van der Waals surface area (Å²) in [6, 6.07) is 16.6. The van der Waals surface area contributed by atoms with E-state index in [4.69, 9.17) is 11.6 Å². The molecular weight excluding hydrogens is 326 g/mol. The topological polar surface area (TPSA) is 29.1 Å². The summed E-state index contributed by atoms with van der Waals surface area (Å²) in [4.78, 5) is 12.0. The summed E-state index contributed by atoms with van der Waals surface area (Å²) in [6.07, 6.45) is 1.76. The second kappa shape index (κ2) is 6.55. The fraction of sp³-hybridized carbons (Fsp3) is 0. The molecule has 1 N–H and O–H groups in total. The minimum Gasteiger partial charge on any atom is -0.321 e. The van der Waals surface area contributed by atoms with Gasteiger partial charge in [-0.3, -0.25) is 4.79 Å². The summed E-state index contributed by atoms with van der Waals surface area (Å²) in [5, 5.41) is 3.35. The molecule has 96 valence electrons. The predicted octanol–water partition coefficient (Wildman–Crippen LogP) is 4.71. The maximum atomic E-state index is 12.0. The molecule has 0 aliphatic rings. The lowest BCUT2D eigenvalue weighted by atomic mass is 10.2. The third-order valence-electron chi connectivity index (χ3n) is 2.39. The first kappa shape index (κ1) is 13.8. The predicted molar refractivity (Wildman–Crippen MR) is 83.4 cm³/mol. The van der Waals surface area contributed by atoms with Gasteiger partial charge in [-0.2, -0.15) is 0 Å². The Morgan fingerprint density at radius 1 is 1.11 bits per heavy atom. The standard InChI is InChI=1S/C15H11BrClNO/c16-14(9-11-5-2-1-3-6-11)15(19)18-13-8-4-7-12(17)10-13/h1-10H,(H,18,19)/b14-9-. The molecule has 1 amide bonds. The second-order valence-electron chi connectivity index (χ2n) is 3.87. The van der Waals surface area contributed by atoms with E-state index in [1.807, 2.05) is 30.3 Å². The van der Waals surface area contributed by atoms with E-state index in [0.717, 1.165) is 5.56 Å². The van der Waals surface area contributed by atoms with Gasteiger partial charge in [0.25, 0.3) is 5.91 Å². The number of amides is 1. The van der Waals surface area contributed by atoms with Crippen molar-refractivity contribution in [2.45, 2.75) is 0 Å². The Hall–Kier alpha value is -1.58. The lowest BCUT2D eigenvalue weighted by molar-refractivity contribution is -0.112. The summed E-state index contributed by atoms with van der Waals surface area (Å²) < 4.78 is 0.457. The number of benzene rings is 2. The first-order chi connectivity index (χ1) is 9.15. The van der Waals surface area contributed by atoms with Crippen LogP contribution in [0.2, 0.25) is 5.02 Å². The summed E-state index contributed by atoms with van der Waals surface area (Å²) in [5.41, 5.74) is 1.62. The van der Waals surface area contributed by atoms with Crippen LogP contribution in [-0.4, -0.2) is 5.91 Å². The van der Waals surface area contributed by atoms with Crippen LogP contribution in [0.4, 0.5) is 5.69 Å². The van der Waals surface area contributed by atoms with E-state index in [9.17, 15) is 4.79 Å². The van der Waals surface area contributed by atoms with Gasteiger partial charge in [-0.1, -0.05) is 48.0 Å². The smallest absolute Gasteiger partial charge is 0.262 e. The van der Waals surface area contributed by atoms with Crippen molar-refractivity contribution in [3.8, 4) is 0 Å². The molecule has 0 fully saturated rings. The van der Waals surface area contributed by atoms with Crippen molar-refractivity contribution in [3.63, 3.8) is 0 Å². The molecule has 0 bridgehead atoms. The van der Waals surface area contributed by atoms with Crippen LogP contribution < -0.4 is 5.32 Å². The third kappa shape index (κ3) is 4.23. The van der Waals surface area contributed by atoms with Crippen molar-refractivity contribution < 1.29 is 4.79 Å². The van der Waals surface area contributed by atoms with Crippen LogP contribution >= 0.6 is 27.5 Å². The van der Waals surface area contributed by atoms with Crippen molar-refractivity contribution in [3.05, 3.63) is 69.7 Å². The zero-order valence-electron chi connectivity index (χ0n) is 9.94. The molecule has 0 unspecified atom stereocenters. The van der Waals surface area contributed by atoms with Gasteiger partial charge < -0.3 is 5.32 Å². The van der Waals surface area contributed by atoms with Gasteiger partial charge in [-0.25, -0.2) is 0 Å². The second-order valence-corrected chi connectivity index (χ2v) is 5.16. The Labute approximate surface area is 125 Å². The van der Waals surface area contributed by atoms with Crippen LogP contribution in [0.3, 0.4) is 0 Å². The Morgan fingerprint density at radius 3 is 2.53 bits per heavy atom. The minimum absolute atomic E-state index is 0.217. The molecular formula is C15H11BrClNO. The molecule has 19 heavy (non-hydrogen) atoms. The van der Waals surface area contributed by atoms with Gasteiger partial charge >= 0.3 is 0 Å². The van der Waals surface area contributed by atoms with E-state index in [1.165, 1.54) is 0 Å². The number of nitrogens with one attached hydrogen (secondary N) is 1. The number of rotatable bonds is 3. The van der Waals surface area contributed by atoms with Gasteiger partial charge in [0.05, 0.1) is 4.48 Å². The highest BCUT2D eigenvalue weighted by Gasteiger charge is 2.06. The van der Waals surface area contributed by atoms with Crippen LogP contribution in [0, 0.1) is 0 Å². The van der Waals surface area contributed by atoms with Gasteiger partial charge in [0.2, 0.25) is 0 Å². The molecule has 2 rings (SSSR count). The van der Waals surface area contributed by atoms with Crippen molar-refractivity contribution in [1.82, 2.24) is 0 Å². The molecule has 0 aliphatic carbocycles. The van der Waals surface area contributed by atoms with E-state index < -0.39 is 0 Å². The minimum atomic E-state index is -0.217. The molecule has 0 saturated carbocycles. The van der Waals surface area contributed by atoms with Gasteiger partial charge in [0.1, 0.15) is 0 Å². The first-order valence-corrected chi connectivity index (χ1v) is 6.81. The lowest BCUT2D eigenvalue weighted by Crippen LogP contribution is -2.10. The zero-order chi connectivity index (χ0) is 13.7. The molecule has 2 aromatic carbocycles. The van der Waals surface area contributed by atoms with Crippen LogP contribution in [0.25, 0.3) is 6.08 Å². The van der Waals surface area contributed by atoms with E-state index in [2.05, 4.69) is 21.2 Å². The fourth-order valence-corrected chi connectivity index (χ4v) is 2.07. The molecule has 0 spiro atoms. The monoisotopic (exact) mass is 335 g/mol. The molecule has 2 aromatic rings. The number of anilines is 1. The maximum absolute atomic E-state index is 12.0. The van der Waals surface area contributed by atoms with Gasteiger partial charge in [-0.15, -0.1) is 0 Å². The molecule has 0 atom stereocenters. The van der Waals surface area contributed by atoms with Crippen molar-refractivity contribution in [2.75, 3.05) is 5.32 Å². The Morgan fingerprint density at radius 2 is 1.84 bits per heavy atom. The Balaban J connectivity index is 2.10. The highest BCUT2D eigenvalue weighted by molar-refractivity contribution is 9.12. The largest absolute Gasteiger partial charge is 0.321 e. The van der Waals surface area contributed by atoms with Gasteiger partial charge in [-0.05, 0) is 45.8 Å². The van der Waals surface area contributed by atoms with E-state index in [0.29, 0.717) is 15.2 Å². The molecule has 0 saturated heterocycles. The van der Waals surface area contributed by atoms with Crippen molar-refractivity contribution in [1.29, 1.82) is 0 Å².